The third-order valence-electron chi connectivity index (χ3n) is 4.90. The van der Waals surface area contributed by atoms with Gasteiger partial charge in [0, 0.05) is 15.4 Å². The average Bonchev–Trinajstić information content (AvgIpc) is 2.75. The Morgan fingerprint density at radius 2 is 1.73 bits per heavy atom. The monoisotopic (exact) mass is 415 g/mol. The highest BCUT2D eigenvalue weighted by atomic mass is 32.2. The van der Waals surface area contributed by atoms with E-state index in [-0.39, 0.29) is 18.2 Å². The molecule has 0 aliphatic carbocycles. The Morgan fingerprint density at radius 3 is 2.53 bits per heavy atom. The first kappa shape index (κ1) is 19.9. The normalized spacial score (nSPS) is 12.4. The Morgan fingerprint density at radius 1 is 1.00 bits per heavy atom. The molecule has 0 radical (unpaired) electrons. The van der Waals surface area contributed by atoms with Crippen molar-refractivity contribution in [1.82, 2.24) is 5.43 Å². The van der Waals surface area contributed by atoms with E-state index in [0.717, 1.165) is 32.3 Å². The maximum Gasteiger partial charge on any atom is 0.252 e. The minimum Gasteiger partial charge on any atom is -0.301 e. The summed E-state index contributed by atoms with van der Waals surface area (Å²) in [5, 5.41) is 4.21. The number of hydrogen-bond acceptors (Lipinski definition) is 5. The number of rotatable bonds is 5. The Labute approximate surface area is 179 Å². The van der Waals surface area contributed by atoms with E-state index in [2.05, 4.69) is 10.5 Å². The van der Waals surface area contributed by atoms with Gasteiger partial charge >= 0.3 is 0 Å². The molecule has 3 aromatic carbocycles. The van der Waals surface area contributed by atoms with Crippen LogP contribution in [-0.4, -0.2) is 24.4 Å². The van der Waals surface area contributed by atoms with Crippen molar-refractivity contribution >= 4 is 41.0 Å². The number of para-hydroxylation sites is 1. The minimum atomic E-state index is -0.147. The van der Waals surface area contributed by atoms with E-state index < -0.39 is 0 Å². The summed E-state index contributed by atoms with van der Waals surface area (Å²) in [6.07, 6.45) is 1.71. The van der Waals surface area contributed by atoms with Crippen LogP contribution in [0.2, 0.25) is 0 Å². The highest BCUT2D eigenvalue weighted by Crippen LogP contribution is 2.48. The van der Waals surface area contributed by atoms with E-state index in [1.807, 2.05) is 61.5 Å². The number of hydrogen-bond donors (Lipinski definition) is 1. The third kappa shape index (κ3) is 4.00. The molecule has 0 bridgehead atoms. The number of carbonyl (C=O) groups excluding carboxylic acids is 2. The number of Topliss-reactive ketones (excluding diaryl/α,β-unsaturated/α-hetero) is 1. The summed E-state index contributed by atoms with van der Waals surface area (Å²) >= 11 is 1.60. The predicted molar refractivity (Wildman–Crippen MR) is 121 cm³/mol. The van der Waals surface area contributed by atoms with Crippen LogP contribution < -0.4 is 10.3 Å². The molecule has 6 heteroatoms. The second-order valence-electron chi connectivity index (χ2n) is 6.99. The Bertz CT molecular complexity index is 1160. The number of aryl methyl sites for hydroxylation is 1. The van der Waals surface area contributed by atoms with Gasteiger partial charge in [-0.3, -0.25) is 14.5 Å². The van der Waals surface area contributed by atoms with Crippen molar-refractivity contribution in [3.63, 3.8) is 0 Å². The molecule has 1 N–H and O–H groups in total. The summed E-state index contributed by atoms with van der Waals surface area (Å²) in [6.45, 7) is 3.57. The fourth-order valence-electron chi connectivity index (χ4n) is 3.28. The summed E-state index contributed by atoms with van der Waals surface area (Å²) in [6, 6.07) is 21.2. The van der Waals surface area contributed by atoms with Crippen LogP contribution >= 0.6 is 11.8 Å². The fraction of sp³-hybridized carbons (Fsp3) is 0.125. The van der Waals surface area contributed by atoms with Gasteiger partial charge in [-0.25, -0.2) is 0 Å². The largest absolute Gasteiger partial charge is 0.301 e. The summed E-state index contributed by atoms with van der Waals surface area (Å²) in [5.74, 6) is -0.179. The number of benzene rings is 3. The lowest BCUT2D eigenvalue weighted by Gasteiger charge is -2.31. The number of nitrogens with zero attached hydrogens (tertiary/aromatic N) is 2. The molecule has 30 heavy (non-hydrogen) atoms. The van der Waals surface area contributed by atoms with Gasteiger partial charge in [0.25, 0.3) is 5.91 Å². The number of ketones is 1. The maximum atomic E-state index is 13.2. The quantitative estimate of drug-likeness (QED) is 0.364. The van der Waals surface area contributed by atoms with Crippen molar-refractivity contribution in [3.05, 3.63) is 83.4 Å². The number of nitrogens with one attached hydrogen (secondary N) is 1. The number of anilines is 2. The molecule has 0 spiro atoms. The zero-order chi connectivity index (χ0) is 21.1. The average molecular weight is 416 g/mol. The van der Waals surface area contributed by atoms with Crippen LogP contribution in [0.1, 0.15) is 28.4 Å². The molecule has 150 valence electrons. The molecule has 4 rings (SSSR count). The molecular weight excluding hydrogens is 394 g/mol. The lowest BCUT2D eigenvalue weighted by molar-refractivity contribution is -0.117. The molecule has 1 aliphatic rings. The number of carbonyl (C=O) groups is 2. The SMILES string of the molecule is CC(=O)c1ccc2c(c1)N(C(=O)CN/N=C/c1ccccc1C)c1ccccc1S2. The van der Waals surface area contributed by atoms with E-state index in [4.69, 9.17) is 0 Å². The van der Waals surface area contributed by atoms with Crippen LogP contribution in [0.15, 0.2) is 81.6 Å². The van der Waals surface area contributed by atoms with Gasteiger partial charge < -0.3 is 5.43 Å². The topological polar surface area (TPSA) is 61.8 Å². The van der Waals surface area contributed by atoms with Gasteiger partial charge in [-0.15, -0.1) is 0 Å². The molecule has 1 amide bonds. The first-order chi connectivity index (χ1) is 14.5. The van der Waals surface area contributed by atoms with E-state index in [0.29, 0.717) is 5.56 Å². The fourth-order valence-corrected chi connectivity index (χ4v) is 4.32. The smallest absolute Gasteiger partial charge is 0.252 e. The standard InChI is InChI=1S/C24H21N3O2S/c1-16-7-3-4-8-19(16)14-25-26-15-24(29)27-20-9-5-6-10-22(20)30-23-12-11-18(17(2)28)13-21(23)27/h3-14,26H,15H2,1-2H3/b25-14+. The van der Waals surface area contributed by atoms with E-state index in [9.17, 15) is 9.59 Å². The van der Waals surface area contributed by atoms with Crippen molar-refractivity contribution in [1.29, 1.82) is 0 Å². The lowest BCUT2D eigenvalue weighted by atomic mass is 10.1. The van der Waals surface area contributed by atoms with Crippen LogP contribution in [0.25, 0.3) is 0 Å². The van der Waals surface area contributed by atoms with Crippen LogP contribution in [0, 0.1) is 6.92 Å². The maximum absolute atomic E-state index is 13.2. The first-order valence-corrected chi connectivity index (χ1v) is 10.4. The zero-order valence-electron chi connectivity index (χ0n) is 16.8. The zero-order valence-corrected chi connectivity index (χ0v) is 17.6. The molecule has 5 nitrogen and oxygen atoms in total. The van der Waals surface area contributed by atoms with Gasteiger partial charge in [-0.05, 0) is 49.2 Å². The van der Waals surface area contributed by atoms with Gasteiger partial charge in [0.2, 0.25) is 0 Å². The Balaban J connectivity index is 1.59. The van der Waals surface area contributed by atoms with Crippen LogP contribution in [0.4, 0.5) is 11.4 Å². The molecule has 1 aliphatic heterocycles. The first-order valence-electron chi connectivity index (χ1n) is 9.61. The Hall–Kier alpha value is -3.38. The predicted octanol–water partition coefficient (Wildman–Crippen LogP) is 4.95. The Kier molecular flexibility index (Phi) is 5.68. The van der Waals surface area contributed by atoms with Crippen LogP contribution in [0.5, 0.6) is 0 Å². The van der Waals surface area contributed by atoms with Gasteiger partial charge in [0.05, 0.1) is 17.6 Å². The molecular formula is C24H21N3O2S. The molecule has 0 unspecified atom stereocenters. The summed E-state index contributed by atoms with van der Waals surface area (Å²) in [5.41, 5.74) is 7.08. The number of amides is 1. The molecule has 0 atom stereocenters. The second-order valence-corrected chi connectivity index (χ2v) is 8.07. The van der Waals surface area contributed by atoms with Crippen LogP contribution in [0.3, 0.4) is 0 Å². The lowest BCUT2D eigenvalue weighted by Crippen LogP contribution is -2.35. The van der Waals surface area contributed by atoms with Gasteiger partial charge in [-0.1, -0.05) is 54.2 Å². The highest BCUT2D eigenvalue weighted by Gasteiger charge is 2.28. The molecule has 0 saturated carbocycles. The van der Waals surface area contributed by atoms with Gasteiger partial charge in [0.15, 0.2) is 5.78 Å². The summed E-state index contributed by atoms with van der Waals surface area (Å²) in [7, 11) is 0. The highest BCUT2D eigenvalue weighted by molar-refractivity contribution is 7.99. The van der Waals surface area contributed by atoms with Gasteiger partial charge in [0.1, 0.15) is 6.54 Å². The summed E-state index contributed by atoms with van der Waals surface area (Å²) in [4.78, 5) is 28.7. The van der Waals surface area contributed by atoms with Crippen molar-refractivity contribution in [2.24, 2.45) is 5.10 Å². The van der Waals surface area contributed by atoms with Gasteiger partial charge in [-0.2, -0.15) is 5.10 Å². The van der Waals surface area contributed by atoms with E-state index in [1.165, 1.54) is 6.92 Å². The second kappa shape index (κ2) is 8.55. The van der Waals surface area contributed by atoms with Crippen molar-refractivity contribution in [2.75, 3.05) is 11.4 Å². The van der Waals surface area contributed by atoms with Crippen molar-refractivity contribution in [2.45, 2.75) is 23.6 Å². The van der Waals surface area contributed by atoms with Crippen molar-refractivity contribution in [3.8, 4) is 0 Å². The summed E-state index contributed by atoms with van der Waals surface area (Å²) < 4.78 is 0. The number of hydrazone groups is 1. The van der Waals surface area contributed by atoms with Crippen molar-refractivity contribution < 1.29 is 9.59 Å². The van der Waals surface area contributed by atoms with E-state index in [1.54, 1.807) is 35.0 Å². The molecule has 0 fully saturated rings. The molecule has 3 aromatic rings. The molecule has 1 heterocycles. The van der Waals surface area contributed by atoms with E-state index >= 15 is 0 Å². The minimum absolute atomic E-state index is 0.0324. The third-order valence-corrected chi connectivity index (χ3v) is 6.03. The number of fused-ring (bicyclic) bond motifs is 2. The molecule has 0 aromatic heterocycles. The van der Waals surface area contributed by atoms with Crippen LogP contribution in [-0.2, 0) is 4.79 Å². The molecule has 0 saturated heterocycles.